The third-order valence-electron chi connectivity index (χ3n) is 2.99. The average Bonchev–Trinajstić information content (AvgIpc) is 2.43. The Hall–Kier alpha value is -1.71. The van der Waals surface area contributed by atoms with Crippen LogP contribution in [0.5, 0.6) is 5.75 Å². The highest BCUT2D eigenvalue weighted by atomic mass is 35.5. The van der Waals surface area contributed by atoms with E-state index in [1.165, 1.54) is 0 Å². The molecule has 0 saturated heterocycles. The van der Waals surface area contributed by atoms with Gasteiger partial charge in [-0.05, 0) is 31.2 Å². The number of methoxy groups -OCH3 is 1. The van der Waals surface area contributed by atoms with Gasteiger partial charge in [0.15, 0.2) is 0 Å². The second-order valence-corrected chi connectivity index (χ2v) is 5.48. The van der Waals surface area contributed by atoms with Crippen LogP contribution in [0.1, 0.15) is 11.1 Å². The zero-order chi connectivity index (χ0) is 15.4. The molecule has 0 radical (unpaired) electrons. The molecule has 1 N–H and O–H groups in total. The number of anilines is 1. The van der Waals surface area contributed by atoms with Crippen molar-refractivity contribution in [2.75, 3.05) is 12.4 Å². The Morgan fingerprint density at radius 3 is 2.57 bits per heavy atom. The van der Waals surface area contributed by atoms with Gasteiger partial charge < -0.3 is 10.1 Å². The van der Waals surface area contributed by atoms with E-state index in [0.717, 1.165) is 11.1 Å². The van der Waals surface area contributed by atoms with Crippen LogP contribution in [-0.2, 0) is 11.2 Å². The van der Waals surface area contributed by atoms with Crippen LogP contribution in [0.3, 0.4) is 0 Å². The van der Waals surface area contributed by atoms with E-state index >= 15 is 0 Å². The van der Waals surface area contributed by atoms with Crippen molar-refractivity contribution in [1.82, 2.24) is 0 Å². The van der Waals surface area contributed by atoms with Crippen LogP contribution in [-0.4, -0.2) is 13.0 Å². The molecule has 0 saturated carbocycles. The van der Waals surface area contributed by atoms with Gasteiger partial charge in [-0.1, -0.05) is 40.9 Å². The van der Waals surface area contributed by atoms with Crippen molar-refractivity contribution >= 4 is 34.8 Å². The van der Waals surface area contributed by atoms with Gasteiger partial charge in [0, 0.05) is 11.3 Å². The minimum Gasteiger partial charge on any atom is -0.496 e. The molecule has 2 aromatic carbocycles. The minimum absolute atomic E-state index is 0.141. The maximum Gasteiger partial charge on any atom is 0.228 e. The van der Waals surface area contributed by atoms with Crippen LogP contribution in [0.2, 0.25) is 10.0 Å². The Bertz CT molecular complexity index is 671. The summed E-state index contributed by atoms with van der Waals surface area (Å²) in [5.74, 6) is 0.558. The van der Waals surface area contributed by atoms with E-state index in [1.807, 2.05) is 25.1 Å². The maximum absolute atomic E-state index is 12.1. The molecule has 0 unspecified atom stereocenters. The van der Waals surface area contributed by atoms with Gasteiger partial charge >= 0.3 is 0 Å². The van der Waals surface area contributed by atoms with Crippen molar-refractivity contribution in [2.45, 2.75) is 13.3 Å². The molecular formula is C16H15Cl2NO2. The summed E-state index contributed by atoms with van der Waals surface area (Å²) >= 11 is 11.8. The fraction of sp³-hybridized carbons (Fsp3) is 0.188. The number of hydrogen-bond donors (Lipinski definition) is 1. The summed E-state index contributed by atoms with van der Waals surface area (Å²) in [5, 5.41) is 3.65. The Morgan fingerprint density at radius 1 is 1.14 bits per heavy atom. The van der Waals surface area contributed by atoms with E-state index in [0.29, 0.717) is 21.5 Å². The third-order valence-corrected chi connectivity index (χ3v) is 3.73. The van der Waals surface area contributed by atoms with E-state index in [4.69, 9.17) is 27.9 Å². The molecule has 2 aromatic rings. The van der Waals surface area contributed by atoms with Gasteiger partial charge in [0.05, 0.1) is 23.6 Å². The number of carbonyl (C=O) groups excluding carboxylic acids is 1. The summed E-state index contributed by atoms with van der Waals surface area (Å²) in [4.78, 5) is 12.1. The molecule has 0 aromatic heterocycles. The summed E-state index contributed by atoms with van der Waals surface area (Å²) in [5.41, 5.74) is 2.53. The molecule has 0 aliphatic heterocycles. The highest BCUT2D eigenvalue weighted by molar-refractivity contribution is 6.42. The monoisotopic (exact) mass is 323 g/mol. The van der Waals surface area contributed by atoms with Gasteiger partial charge in [-0.3, -0.25) is 4.79 Å². The van der Waals surface area contributed by atoms with Crippen LogP contribution in [0.15, 0.2) is 36.4 Å². The maximum atomic E-state index is 12.1. The van der Waals surface area contributed by atoms with Crippen molar-refractivity contribution < 1.29 is 9.53 Å². The molecule has 2 rings (SSSR count). The molecule has 110 valence electrons. The Balaban J connectivity index is 2.11. The number of aryl methyl sites for hydroxylation is 1. The zero-order valence-corrected chi connectivity index (χ0v) is 13.3. The quantitative estimate of drug-likeness (QED) is 0.900. The summed E-state index contributed by atoms with van der Waals surface area (Å²) in [7, 11) is 1.59. The van der Waals surface area contributed by atoms with E-state index in [9.17, 15) is 4.79 Å². The first-order valence-electron chi connectivity index (χ1n) is 6.38. The number of carbonyl (C=O) groups is 1. The highest BCUT2D eigenvalue weighted by Gasteiger charge is 2.10. The highest BCUT2D eigenvalue weighted by Crippen LogP contribution is 2.25. The molecule has 0 aliphatic rings. The Labute approximate surface area is 133 Å². The molecule has 0 bridgehead atoms. The van der Waals surface area contributed by atoms with Crippen molar-refractivity contribution in [3.05, 3.63) is 57.6 Å². The van der Waals surface area contributed by atoms with Gasteiger partial charge in [0.1, 0.15) is 5.75 Å². The van der Waals surface area contributed by atoms with Crippen molar-refractivity contribution in [1.29, 1.82) is 0 Å². The number of benzene rings is 2. The Kier molecular flexibility index (Phi) is 5.10. The molecule has 0 fully saturated rings. The first kappa shape index (κ1) is 15.7. The normalized spacial score (nSPS) is 10.3. The molecule has 0 atom stereocenters. The van der Waals surface area contributed by atoms with E-state index in [1.54, 1.807) is 25.3 Å². The lowest BCUT2D eigenvalue weighted by molar-refractivity contribution is -0.115. The number of hydrogen-bond acceptors (Lipinski definition) is 2. The van der Waals surface area contributed by atoms with Gasteiger partial charge in [0.25, 0.3) is 0 Å². The summed E-state index contributed by atoms with van der Waals surface area (Å²) in [6, 6.07) is 10.7. The fourth-order valence-corrected chi connectivity index (χ4v) is 2.30. The van der Waals surface area contributed by atoms with E-state index < -0.39 is 0 Å². The average molecular weight is 324 g/mol. The molecule has 5 heteroatoms. The molecular weight excluding hydrogens is 309 g/mol. The van der Waals surface area contributed by atoms with Crippen LogP contribution < -0.4 is 10.1 Å². The largest absolute Gasteiger partial charge is 0.496 e. The summed E-state index contributed by atoms with van der Waals surface area (Å²) in [6.45, 7) is 1.97. The number of nitrogens with one attached hydrogen (secondary N) is 1. The van der Waals surface area contributed by atoms with Crippen LogP contribution in [0, 0.1) is 6.92 Å². The summed E-state index contributed by atoms with van der Waals surface area (Å²) in [6.07, 6.45) is 0.227. The van der Waals surface area contributed by atoms with Crippen LogP contribution >= 0.6 is 23.2 Å². The van der Waals surface area contributed by atoms with Gasteiger partial charge in [-0.25, -0.2) is 0 Å². The molecule has 3 nitrogen and oxygen atoms in total. The predicted octanol–water partition coefficient (Wildman–Crippen LogP) is 4.49. The topological polar surface area (TPSA) is 38.3 Å². The van der Waals surface area contributed by atoms with E-state index in [-0.39, 0.29) is 12.3 Å². The van der Waals surface area contributed by atoms with Gasteiger partial charge in [0.2, 0.25) is 5.91 Å². The number of amides is 1. The number of ether oxygens (including phenoxy) is 1. The third kappa shape index (κ3) is 4.13. The zero-order valence-electron chi connectivity index (χ0n) is 11.7. The van der Waals surface area contributed by atoms with Gasteiger partial charge in [-0.2, -0.15) is 0 Å². The molecule has 0 aliphatic carbocycles. The van der Waals surface area contributed by atoms with Crippen LogP contribution in [0.25, 0.3) is 0 Å². The van der Waals surface area contributed by atoms with E-state index in [2.05, 4.69) is 5.32 Å². The molecule has 21 heavy (non-hydrogen) atoms. The first-order valence-corrected chi connectivity index (χ1v) is 7.13. The molecule has 1 amide bonds. The van der Waals surface area contributed by atoms with Crippen molar-refractivity contribution in [3.8, 4) is 5.75 Å². The molecule has 0 heterocycles. The fourth-order valence-electron chi connectivity index (χ4n) is 2.00. The summed E-state index contributed by atoms with van der Waals surface area (Å²) < 4.78 is 5.27. The second kappa shape index (κ2) is 6.83. The van der Waals surface area contributed by atoms with Crippen molar-refractivity contribution in [3.63, 3.8) is 0 Å². The lowest BCUT2D eigenvalue weighted by Crippen LogP contribution is -2.15. The second-order valence-electron chi connectivity index (χ2n) is 4.67. The first-order chi connectivity index (χ1) is 9.99. The standard InChI is InChI=1S/C16H15Cl2NO2/c1-10-3-6-15(21-2)11(7-10)8-16(20)19-12-4-5-13(17)14(18)9-12/h3-7,9H,8H2,1-2H3,(H,19,20). The van der Waals surface area contributed by atoms with Crippen LogP contribution in [0.4, 0.5) is 5.69 Å². The Morgan fingerprint density at radius 2 is 1.90 bits per heavy atom. The molecule has 0 spiro atoms. The number of halogens is 2. The lowest BCUT2D eigenvalue weighted by Gasteiger charge is -2.10. The smallest absolute Gasteiger partial charge is 0.228 e. The SMILES string of the molecule is COc1ccc(C)cc1CC(=O)Nc1ccc(Cl)c(Cl)c1. The minimum atomic E-state index is -0.141. The van der Waals surface area contributed by atoms with Gasteiger partial charge in [-0.15, -0.1) is 0 Å². The van der Waals surface area contributed by atoms with Crippen molar-refractivity contribution in [2.24, 2.45) is 0 Å². The number of rotatable bonds is 4. The predicted molar refractivity (Wildman–Crippen MR) is 86.5 cm³/mol. The lowest BCUT2D eigenvalue weighted by atomic mass is 10.1.